The van der Waals surface area contributed by atoms with Gasteiger partial charge in [-0.25, -0.2) is 0 Å². The average molecular weight is 646 g/mol. The zero-order valence-corrected chi connectivity index (χ0v) is 27.2. The van der Waals surface area contributed by atoms with E-state index in [1.807, 2.05) is 51.2 Å². The van der Waals surface area contributed by atoms with Crippen molar-refractivity contribution < 1.29 is 28.7 Å². The van der Waals surface area contributed by atoms with Crippen LogP contribution in [0.4, 0.5) is 0 Å². The Morgan fingerprint density at radius 3 is 2.43 bits per heavy atom. The summed E-state index contributed by atoms with van der Waals surface area (Å²) in [5, 5.41) is 18.1. The van der Waals surface area contributed by atoms with Crippen molar-refractivity contribution in [1.82, 2.24) is 36.4 Å². The highest BCUT2D eigenvalue weighted by Crippen LogP contribution is 2.19. The Bertz CT molecular complexity index is 1590. The van der Waals surface area contributed by atoms with E-state index < -0.39 is 48.2 Å². The van der Waals surface area contributed by atoms with Crippen molar-refractivity contribution in [3.8, 4) is 5.75 Å². The molecule has 0 bridgehead atoms. The largest absolute Gasteiger partial charge is 0.493 e. The molecule has 2 heterocycles. The van der Waals surface area contributed by atoms with Crippen molar-refractivity contribution in [1.29, 1.82) is 0 Å². The lowest BCUT2D eigenvalue weighted by molar-refractivity contribution is -0.132. The molecule has 0 spiro atoms. The maximum absolute atomic E-state index is 13.4. The van der Waals surface area contributed by atoms with Crippen LogP contribution < -0.4 is 31.3 Å². The predicted molar refractivity (Wildman–Crippen MR) is 175 cm³/mol. The van der Waals surface area contributed by atoms with E-state index in [1.165, 1.54) is 6.92 Å². The molecular formula is C34H43N7O6. The molecular weight excluding hydrogens is 602 g/mol. The number of carbonyl (C=O) groups excluding carboxylic acids is 5. The van der Waals surface area contributed by atoms with Gasteiger partial charge in [0, 0.05) is 32.3 Å². The van der Waals surface area contributed by atoms with Gasteiger partial charge in [0.2, 0.25) is 23.6 Å². The lowest BCUT2D eigenvalue weighted by atomic mass is 10.0. The van der Waals surface area contributed by atoms with E-state index in [2.05, 4.69) is 31.7 Å². The number of rotatable bonds is 6. The first-order valence-electron chi connectivity index (χ1n) is 15.7. The van der Waals surface area contributed by atoms with Gasteiger partial charge in [-0.05, 0) is 56.9 Å². The number of fused-ring (bicyclic) bond motifs is 1. The second kappa shape index (κ2) is 16.4. The molecule has 5 N–H and O–H groups in total. The third-order valence-electron chi connectivity index (χ3n) is 8.04. The third kappa shape index (κ3) is 9.65. The van der Waals surface area contributed by atoms with E-state index in [0.29, 0.717) is 18.6 Å². The monoisotopic (exact) mass is 645 g/mol. The molecule has 0 fully saturated rings. The first-order valence-corrected chi connectivity index (χ1v) is 15.7. The summed E-state index contributed by atoms with van der Waals surface area (Å²) in [5.74, 6) is -2.45. The van der Waals surface area contributed by atoms with E-state index in [0.717, 1.165) is 22.5 Å². The fourth-order valence-corrected chi connectivity index (χ4v) is 5.33. The van der Waals surface area contributed by atoms with Crippen molar-refractivity contribution in [2.45, 2.75) is 64.6 Å². The molecule has 0 aliphatic carbocycles. The molecule has 0 saturated carbocycles. The van der Waals surface area contributed by atoms with Crippen LogP contribution in [0.2, 0.25) is 0 Å². The summed E-state index contributed by atoms with van der Waals surface area (Å²) in [4.78, 5) is 66.3. The molecule has 5 amide bonds. The third-order valence-corrected chi connectivity index (χ3v) is 8.04. The Morgan fingerprint density at radius 2 is 1.70 bits per heavy atom. The van der Waals surface area contributed by atoms with Gasteiger partial charge in [-0.1, -0.05) is 42.5 Å². The molecule has 0 unspecified atom stereocenters. The van der Waals surface area contributed by atoms with Crippen LogP contribution in [0.15, 0.2) is 54.6 Å². The van der Waals surface area contributed by atoms with Gasteiger partial charge in [-0.2, -0.15) is 5.10 Å². The normalized spacial score (nSPS) is 19.9. The van der Waals surface area contributed by atoms with Crippen LogP contribution in [0.5, 0.6) is 5.75 Å². The molecule has 0 radical (unpaired) electrons. The zero-order valence-electron chi connectivity index (χ0n) is 27.2. The van der Waals surface area contributed by atoms with Gasteiger partial charge < -0.3 is 31.3 Å². The summed E-state index contributed by atoms with van der Waals surface area (Å²) in [5.41, 5.74) is 3.88. The second-order valence-corrected chi connectivity index (χ2v) is 11.6. The van der Waals surface area contributed by atoms with Crippen LogP contribution in [0.1, 0.15) is 52.6 Å². The second-order valence-electron chi connectivity index (χ2n) is 11.6. The number of nitrogens with one attached hydrogen (secondary N) is 5. The van der Waals surface area contributed by atoms with Gasteiger partial charge >= 0.3 is 0 Å². The molecule has 3 atom stereocenters. The lowest BCUT2D eigenvalue weighted by Gasteiger charge is -2.23. The Hall–Kier alpha value is -5.20. The lowest BCUT2D eigenvalue weighted by Crippen LogP contribution is -2.55. The first kappa shape index (κ1) is 34.7. The van der Waals surface area contributed by atoms with E-state index in [4.69, 9.17) is 4.74 Å². The highest BCUT2D eigenvalue weighted by atomic mass is 16.5. The van der Waals surface area contributed by atoms with Crippen LogP contribution in [0.25, 0.3) is 0 Å². The number of benzene rings is 2. The molecule has 47 heavy (non-hydrogen) atoms. The van der Waals surface area contributed by atoms with Crippen LogP contribution in [0, 0.1) is 13.8 Å². The predicted octanol–water partition coefficient (Wildman–Crippen LogP) is 1.02. The minimum Gasteiger partial charge on any atom is -0.493 e. The highest BCUT2D eigenvalue weighted by Gasteiger charge is 2.29. The van der Waals surface area contributed by atoms with Gasteiger partial charge in [0.15, 0.2) is 0 Å². The molecule has 4 rings (SSSR count). The zero-order chi connectivity index (χ0) is 33.9. The number of aromatic nitrogens is 2. The molecule has 13 nitrogen and oxygen atoms in total. The average Bonchev–Trinajstić information content (AvgIpc) is 3.29. The molecule has 1 aliphatic heterocycles. The molecule has 250 valence electrons. The van der Waals surface area contributed by atoms with Crippen LogP contribution in [-0.4, -0.2) is 77.1 Å². The SMILES string of the molecule is Cc1nn(C)c(C)c1CCNC(=O)[C@@H]1CC(=O)N[C@@H](C)C(=O)N[C@@H](Cc2ccccc2)C(=O)NCCCOc2ccccc2C(=O)N1. The van der Waals surface area contributed by atoms with Crippen LogP contribution in [0.3, 0.4) is 0 Å². The molecule has 3 aromatic rings. The van der Waals surface area contributed by atoms with Crippen molar-refractivity contribution >= 4 is 29.5 Å². The maximum atomic E-state index is 13.4. The summed E-state index contributed by atoms with van der Waals surface area (Å²) >= 11 is 0. The van der Waals surface area contributed by atoms with Gasteiger partial charge in [0.1, 0.15) is 23.9 Å². The highest BCUT2D eigenvalue weighted by molar-refractivity contribution is 6.01. The van der Waals surface area contributed by atoms with Crippen molar-refractivity contribution in [3.63, 3.8) is 0 Å². The summed E-state index contributed by atoms with van der Waals surface area (Å²) in [6.07, 6.45) is 0.753. The van der Waals surface area contributed by atoms with Gasteiger partial charge in [0.25, 0.3) is 5.91 Å². The van der Waals surface area contributed by atoms with Crippen LogP contribution in [-0.2, 0) is 39.1 Å². The summed E-state index contributed by atoms with van der Waals surface area (Å²) in [6.45, 7) is 6.04. The number of carbonyl (C=O) groups is 5. The Kier molecular flexibility index (Phi) is 12.1. The van der Waals surface area contributed by atoms with Gasteiger partial charge in [-0.15, -0.1) is 0 Å². The number of ether oxygens (including phenoxy) is 1. The smallest absolute Gasteiger partial charge is 0.255 e. The molecule has 2 aromatic carbocycles. The topological polar surface area (TPSA) is 173 Å². The Balaban J connectivity index is 1.53. The Morgan fingerprint density at radius 1 is 0.979 bits per heavy atom. The van der Waals surface area contributed by atoms with Crippen LogP contribution >= 0.6 is 0 Å². The van der Waals surface area contributed by atoms with E-state index in [9.17, 15) is 24.0 Å². The van der Waals surface area contributed by atoms with Crippen molar-refractivity contribution in [3.05, 3.63) is 82.7 Å². The number of hydrogen-bond acceptors (Lipinski definition) is 7. The fraction of sp³-hybridized carbons (Fsp3) is 0.412. The molecule has 1 aliphatic rings. The maximum Gasteiger partial charge on any atom is 0.255 e. The van der Waals surface area contributed by atoms with Crippen molar-refractivity contribution in [2.24, 2.45) is 7.05 Å². The minimum atomic E-state index is -1.25. The van der Waals surface area contributed by atoms with Gasteiger partial charge in [0.05, 0.1) is 24.3 Å². The summed E-state index contributed by atoms with van der Waals surface area (Å²) < 4.78 is 7.65. The van der Waals surface area contributed by atoms with E-state index >= 15 is 0 Å². The fourth-order valence-electron chi connectivity index (χ4n) is 5.33. The van der Waals surface area contributed by atoms with E-state index in [-0.39, 0.29) is 37.6 Å². The quantitative estimate of drug-likeness (QED) is 0.266. The number of para-hydroxylation sites is 1. The first-order chi connectivity index (χ1) is 22.5. The number of amides is 5. The Labute approximate surface area is 274 Å². The number of nitrogens with zero attached hydrogens (tertiary/aromatic N) is 2. The number of hydrogen-bond donors (Lipinski definition) is 5. The molecule has 0 saturated heterocycles. The molecule has 1 aromatic heterocycles. The summed E-state index contributed by atoms with van der Waals surface area (Å²) in [7, 11) is 1.85. The van der Waals surface area contributed by atoms with Gasteiger partial charge in [-0.3, -0.25) is 28.7 Å². The number of aryl methyl sites for hydroxylation is 2. The standard InChI is InChI=1S/C34H43N7O6/c1-21-25(23(3)41(4)40-21)15-17-36-34(46)28-20-30(42)37-22(2)31(43)38-27(19-24-11-6-5-7-12-24)33(45)35-16-10-18-47-29-14-9-8-13-26(29)32(44)39-28/h5-9,11-14,22,27-28H,10,15-20H2,1-4H3,(H,35,45)(H,36,46)(H,37,42)(H,38,43)(H,39,44)/t22-,27-,28-/m0/s1. The van der Waals surface area contributed by atoms with Crippen molar-refractivity contribution in [2.75, 3.05) is 19.7 Å². The minimum absolute atomic E-state index is 0.188. The molecule has 13 heteroatoms. The van der Waals surface area contributed by atoms with E-state index in [1.54, 1.807) is 28.9 Å². The summed E-state index contributed by atoms with van der Waals surface area (Å²) in [6, 6.07) is 12.7.